The van der Waals surface area contributed by atoms with Gasteiger partial charge in [-0.15, -0.1) is 37.5 Å². The Bertz CT molecular complexity index is 5590. The minimum Gasteiger partial charge on any atom is -0.128 e. The second-order valence-corrected chi connectivity index (χ2v) is 28.2. The van der Waals surface area contributed by atoms with Crippen molar-refractivity contribution in [1.82, 2.24) is 18.7 Å². The molecule has 0 radical (unpaired) electrons. The third kappa shape index (κ3) is 15.5. The fraction of sp³-hybridized carbons (Fsp3) is 0.188. The number of rotatable bonds is 11. The Morgan fingerprint density at radius 2 is 0.519 bits per heavy atom. The van der Waals surface area contributed by atoms with E-state index in [1.54, 1.807) is 0 Å². The lowest BCUT2D eigenvalue weighted by Gasteiger charge is -2.09. The fourth-order valence-electron chi connectivity index (χ4n) is 15.0. The van der Waals surface area contributed by atoms with Gasteiger partial charge in [0.25, 0.3) is 0 Å². The minimum atomic E-state index is 0.289. The van der Waals surface area contributed by atoms with Crippen LogP contribution in [-0.2, 0) is 28.2 Å². The summed E-state index contributed by atoms with van der Waals surface area (Å²) in [6.07, 6.45) is 8.87. The molecule has 15 aromatic rings. The molecule has 0 aliphatic heterocycles. The molecule has 104 heavy (non-hydrogen) atoms. The van der Waals surface area contributed by atoms with Crippen LogP contribution in [-0.4, -0.2) is 18.7 Å². The molecule has 0 atom stereocenters. The number of hydrogen-bond acceptors (Lipinski definition) is 0. The molecule has 0 N–H and O–H groups in total. The summed E-state index contributed by atoms with van der Waals surface area (Å²) in [6.45, 7) is 26.5. The van der Waals surface area contributed by atoms with Crippen LogP contribution in [0.5, 0.6) is 0 Å². The number of aryl methyl sites for hydroxylation is 14. The van der Waals surface area contributed by atoms with Gasteiger partial charge in [0.05, 0.1) is 41.5 Å². The van der Waals surface area contributed by atoms with Crippen molar-refractivity contribution >= 4 is 0 Å². The molecule has 11 aromatic carbocycles. The molecule has 8 nitrogen and oxygen atoms in total. The minimum absolute atomic E-state index is 0.289. The standard InChI is InChI=1S/C27H29N2.2C25H25N2.C19H21N2/c1-18-14-19(2)16-23(15-18)27-24(26-21(4)11-9-12-22(26)5)17-29(28(27)6)25-13-8-7-10-20(25)3;2*1-18-14-19(2)16-22(15-18)25-23(21-11-6-5-7-12-21)17-27(26(25)4)24-13-9-8-10-20(24)3;1-14-11-15(2)13-17(12-14)19-9-10-21(20(19)4)18-8-6-5-7-16(18)3/h7-17H,1-6H3;2*5-17H,1-4H3;5-13H,1-4H3/q4*+1/i;1D;;1D. The number of hydrogen-bond donors (Lipinski definition) is 0. The van der Waals surface area contributed by atoms with Crippen molar-refractivity contribution in [1.29, 1.82) is 0 Å². The van der Waals surface area contributed by atoms with E-state index >= 15 is 0 Å². The van der Waals surface area contributed by atoms with Gasteiger partial charge >= 0.3 is 0 Å². The first-order valence-electron chi connectivity index (χ1n) is 37.3. The van der Waals surface area contributed by atoms with E-state index in [4.69, 9.17) is 2.74 Å². The van der Waals surface area contributed by atoms with Crippen LogP contribution in [0.3, 0.4) is 0 Å². The first-order valence-corrected chi connectivity index (χ1v) is 35.9. The summed E-state index contributed by atoms with van der Waals surface area (Å²) >= 11 is 0. The molecule has 0 unspecified atom stereocenters. The van der Waals surface area contributed by atoms with Crippen molar-refractivity contribution in [2.75, 3.05) is 0 Å². The van der Waals surface area contributed by atoms with Gasteiger partial charge in [0.15, 0.2) is 28.2 Å². The summed E-state index contributed by atoms with van der Waals surface area (Å²) in [4.78, 5) is 0. The summed E-state index contributed by atoms with van der Waals surface area (Å²) < 4.78 is 33.3. The average Bonchev–Trinajstić information content (AvgIpc) is 1.62. The monoisotopic (exact) mass is 1370 g/mol. The van der Waals surface area contributed by atoms with Crippen LogP contribution < -0.4 is 18.7 Å². The highest BCUT2D eigenvalue weighted by molar-refractivity contribution is 5.84. The van der Waals surface area contributed by atoms with Gasteiger partial charge in [0, 0.05) is 31.1 Å². The number of aromatic nitrogens is 8. The van der Waals surface area contributed by atoms with E-state index in [-0.39, 0.29) is 6.90 Å². The van der Waals surface area contributed by atoms with Crippen LogP contribution in [0.25, 0.3) is 101 Å². The van der Waals surface area contributed by atoms with E-state index in [2.05, 4.69) is 422 Å². The highest BCUT2D eigenvalue weighted by Crippen LogP contribution is 2.38. The van der Waals surface area contributed by atoms with Crippen molar-refractivity contribution in [3.8, 4) is 101 Å². The summed E-state index contributed by atoms with van der Waals surface area (Å²) in [5.41, 5.74) is 39.1. The van der Waals surface area contributed by atoms with Crippen LogP contribution in [0.1, 0.15) is 80.6 Å². The molecule has 15 rings (SSSR count). The van der Waals surface area contributed by atoms with Gasteiger partial charge in [0.1, 0.15) is 22.7 Å². The van der Waals surface area contributed by atoms with Gasteiger partial charge in [-0.1, -0.05) is 220 Å². The molecular formula is C96H100N8+4. The smallest absolute Gasteiger partial charge is 0.128 e. The van der Waals surface area contributed by atoms with Crippen LogP contribution >= 0.6 is 0 Å². The van der Waals surface area contributed by atoms with Gasteiger partial charge in [-0.25, -0.2) is 0 Å². The maximum atomic E-state index is 7.83. The zero-order valence-corrected chi connectivity index (χ0v) is 63.6. The summed E-state index contributed by atoms with van der Waals surface area (Å²) in [6, 6.07) is 90.2. The van der Waals surface area contributed by atoms with Crippen molar-refractivity contribution in [3.63, 3.8) is 0 Å². The van der Waals surface area contributed by atoms with Gasteiger partial charge in [-0.3, -0.25) is 0 Å². The van der Waals surface area contributed by atoms with E-state index in [1.165, 1.54) is 145 Å². The highest BCUT2D eigenvalue weighted by Gasteiger charge is 2.30. The van der Waals surface area contributed by atoms with Crippen molar-refractivity contribution in [3.05, 3.63) is 357 Å². The Kier molecular flexibility index (Phi) is 20.8. The van der Waals surface area contributed by atoms with E-state index in [1.807, 2.05) is 6.07 Å². The molecule has 4 heterocycles. The molecule has 8 heteroatoms. The van der Waals surface area contributed by atoms with E-state index < -0.39 is 0 Å². The molecule has 0 saturated carbocycles. The molecule has 0 fully saturated rings. The lowest BCUT2D eigenvalue weighted by molar-refractivity contribution is -0.734. The Labute approximate surface area is 620 Å². The van der Waals surface area contributed by atoms with E-state index in [0.717, 1.165) is 33.6 Å². The average molecular weight is 1370 g/mol. The van der Waals surface area contributed by atoms with Gasteiger partial charge in [-0.05, 0) is 220 Å². The second kappa shape index (κ2) is 31.2. The molecule has 0 aliphatic rings. The van der Waals surface area contributed by atoms with Crippen molar-refractivity contribution in [2.45, 2.75) is 96.9 Å². The first-order chi connectivity index (χ1) is 51.1. The zero-order valence-electron chi connectivity index (χ0n) is 65.6. The fourth-order valence-corrected chi connectivity index (χ4v) is 15.0. The second-order valence-electron chi connectivity index (χ2n) is 28.2. The van der Waals surface area contributed by atoms with Gasteiger partial charge < -0.3 is 0 Å². The van der Waals surface area contributed by atoms with Gasteiger partial charge in [-0.2, -0.15) is 0 Å². The van der Waals surface area contributed by atoms with Crippen molar-refractivity contribution < 1.29 is 21.5 Å². The predicted molar refractivity (Wildman–Crippen MR) is 432 cm³/mol. The van der Waals surface area contributed by atoms with Crippen LogP contribution in [0.4, 0.5) is 0 Å². The maximum Gasteiger partial charge on any atom is 0.246 e. The lowest BCUT2D eigenvalue weighted by Crippen LogP contribution is -2.39. The molecule has 0 spiro atoms. The Morgan fingerprint density at radius 3 is 0.875 bits per heavy atom. The Morgan fingerprint density at radius 1 is 0.240 bits per heavy atom. The summed E-state index contributed by atoms with van der Waals surface area (Å²) in [5, 5.41) is 0. The maximum absolute atomic E-state index is 7.83. The molecule has 0 bridgehead atoms. The third-order valence-electron chi connectivity index (χ3n) is 19.7. The van der Waals surface area contributed by atoms with Crippen LogP contribution in [0, 0.1) is 96.9 Å². The molecular weight excluding hydrogens is 1270 g/mol. The van der Waals surface area contributed by atoms with Crippen molar-refractivity contribution in [2.24, 2.45) is 28.2 Å². The number of nitrogens with zero attached hydrogens (tertiary/aromatic N) is 8. The largest absolute Gasteiger partial charge is 0.246 e. The highest BCUT2D eigenvalue weighted by atomic mass is 15.4. The zero-order chi connectivity index (χ0) is 75.0. The summed E-state index contributed by atoms with van der Waals surface area (Å²) in [5.74, 6) is 0. The number of para-hydroxylation sites is 4. The molecule has 0 saturated heterocycles. The topological polar surface area (TPSA) is 35.2 Å². The normalized spacial score (nSPS) is 11.2. The van der Waals surface area contributed by atoms with Crippen LogP contribution in [0.15, 0.2) is 280 Å². The molecule has 520 valence electrons. The molecule has 4 aromatic heterocycles. The van der Waals surface area contributed by atoms with E-state index in [0.29, 0.717) is 6.90 Å². The quantitative estimate of drug-likeness (QED) is 0.116. The molecule has 0 amide bonds. The third-order valence-corrected chi connectivity index (χ3v) is 19.7. The Hall–Kier alpha value is -11.7. The predicted octanol–water partition coefficient (Wildman–Crippen LogP) is 21.2. The number of benzene rings is 11. The van der Waals surface area contributed by atoms with Gasteiger partial charge in [0.2, 0.25) is 22.8 Å². The molecule has 0 aliphatic carbocycles. The summed E-state index contributed by atoms with van der Waals surface area (Å²) in [7, 11) is 8.49. The van der Waals surface area contributed by atoms with E-state index in [9.17, 15) is 0 Å². The first kappa shape index (κ1) is 69.4. The Balaban J connectivity index is 0.000000133. The van der Waals surface area contributed by atoms with Crippen LogP contribution in [0.2, 0.25) is 0 Å². The SMILES string of the molecule is Cc1cc(C)cc(-c2c(-c3c(C)cccc3C)cn(-c3ccccc3C)[n+]2C)c1.Cc1cc(C)cc(-c2c(-c3ccccc3)cn(-c3ccccc3C)[n+]2C)c1.[2H]Cc1cc(C)cc(-c2c(-c3ccccc3)cn(-c3ccccc3C)[n+]2C)c1.[2H]Cc1cc(C)cc(-c2ccn(-c3ccccc3C)[n+]2C)c1. The lowest BCUT2D eigenvalue weighted by atomic mass is 9.93.